The van der Waals surface area contributed by atoms with Crippen molar-refractivity contribution in [3.63, 3.8) is 0 Å². The molecule has 0 aliphatic heterocycles. The van der Waals surface area contributed by atoms with Gasteiger partial charge in [-0.25, -0.2) is 4.79 Å². The second kappa shape index (κ2) is 29.0. The van der Waals surface area contributed by atoms with Gasteiger partial charge in [-0.3, -0.25) is 0 Å². The predicted molar refractivity (Wildman–Crippen MR) is 156 cm³/mol. The van der Waals surface area contributed by atoms with Crippen molar-refractivity contribution in [2.45, 2.75) is 186 Å². The lowest BCUT2D eigenvalue weighted by molar-refractivity contribution is -0.138. The number of esters is 1. The summed E-state index contributed by atoms with van der Waals surface area (Å²) in [6.45, 7) is 3.92. The molecule has 0 unspecified atom stereocenters. The van der Waals surface area contributed by atoms with Gasteiger partial charge in [-0.05, 0) is 12.8 Å². The summed E-state index contributed by atoms with van der Waals surface area (Å²) in [5.41, 5.74) is 0. The van der Waals surface area contributed by atoms with Crippen molar-refractivity contribution in [1.29, 1.82) is 0 Å². The molecule has 0 saturated heterocycles. The average molecular weight is 547 g/mol. The fraction of sp³-hybridized carbons (Fsp3) is 0.909. The molecule has 5 heteroatoms. The smallest absolute Gasteiger partial charge is 0.389 e. The number of ether oxygens (including phenoxy) is 1. The highest BCUT2D eigenvalue weighted by Crippen LogP contribution is 2.23. The Hall–Kier alpha value is -1.00. The summed E-state index contributed by atoms with van der Waals surface area (Å²) in [5.74, 6) is -0.313. The van der Waals surface area contributed by atoms with Crippen LogP contribution < -0.4 is 0 Å². The number of unbranched alkanes of at least 4 members (excludes halogenated alkanes) is 26. The van der Waals surface area contributed by atoms with Crippen LogP contribution in [0.15, 0.2) is 12.7 Å². The number of hydrogen-bond donors (Lipinski definition) is 0. The molecule has 0 N–H and O–H groups in total. The lowest BCUT2D eigenvalue weighted by atomic mass is 10.0. The van der Waals surface area contributed by atoms with Crippen LogP contribution in [0, 0.1) is 0 Å². The molecule has 0 aromatic carbocycles. The quantitative estimate of drug-likeness (QED) is 0.0509. The van der Waals surface area contributed by atoms with E-state index in [0.717, 1.165) is 32.1 Å². The van der Waals surface area contributed by atoms with Crippen molar-refractivity contribution >= 4 is 5.97 Å². The highest BCUT2D eigenvalue weighted by molar-refractivity contribution is 5.81. The van der Waals surface area contributed by atoms with Crippen molar-refractivity contribution in [2.24, 2.45) is 0 Å². The Kier molecular flexibility index (Phi) is 28.2. The lowest BCUT2D eigenvalue weighted by Crippen LogP contribution is -2.06. The Morgan fingerprint density at radius 2 is 0.711 bits per heavy atom. The molecule has 0 bridgehead atoms. The molecule has 38 heavy (non-hydrogen) atoms. The maximum atomic E-state index is 12.1. The zero-order valence-electron chi connectivity index (χ0n) is 24.7. The van der Waals surface area contributed by atoms with E-state index in [0.29, 0.717) is 13.0 Å². The first-order valence-electron chi connectivity index (χ1n) is 16.3. The summed E-state index contributed by atoms with van der Waals surface area (Å²) in [6, 6.07) is 0. The van der Waals surface area contributed by atoms with Gasteiger partial charge < -0.3 is 4.74 Å². The zero-order valence-corrected chi connectivity index (χ0v) is 24.7. The minimum atomic E-state index is -3.98. The highest BCUT2D eigenvalue weighted by atomic mass is 19.4. The van der Waals surface area contributed by atoms with Gasteiger partial charge in [-0.1, -0.05) is 167 Å². The summed E-state index contributed by atoms with van der Waals surface area (Å²) < 4.78 is 41.2. The first-order chi connectivity index (χ1) is 18.5. The molecule has 2 nitrogen and oxygen atoms in total. The molecular weight excluding hydrogens is 485 g/mol. The van der Waals surface area contributed by atoms with Crippen molar-refractivity contribution < 1.29 is 22.7 Å². The number of rotatable bonds is 30. The molecule has 0 fully saturated rings. The second-order valence-electron chi connectivity index (χ2n) is 11.3. The van der Waals surface area contributed by atoms with Crippen LogP contribution in [0.1, 0.15) is 180 Å². The number of hydrogen-bond acceptors (Lipinski definition) is 2. The van der Waals surface area contributed by atoms with E-state index < -0.39 is 12.6 Å². The van der Waals surface area contributed by atoms with Gasteiger partial charge in [0.25, 0.3) is 0 Å². The predicted octanol–water partition coefficient (Wildman–Crippen LogP) is 12.2. The Morgan fingerprint density at radius 3 is 0.947 bits per heavy atom. The van der Waals surface area contributed by atoms with Crippen LogP contribution >= 0.6 is 0 Å². The van der Waals surface area contributed by atoms with Crippen molar-refractivity contribution in [3.8, 4) is 0 Å². The highest BCUT2D eigenvalue weighted by Gasteiger charge is 2.25. The summed E-state index contributed by atoms with van der Waals surface area (Å²) in [6.07, 6.45) is 30.2. The molecule has 0 saturated carbocycles. The van der Waals surface area contributed by atoms with Crippen LogP contribution in [0.2, 0.25) is 0 Å². The molecule has 0 aliphatic rings. The van der Waals surface area contributed by atoms with E-state index in [2.05, 4.69) is 6.58 Å². The van der Waals surface area contributed by atoms with Crippen molar-refractivity contribution in [1.82, 2.24) is 0 Å². The van der Waals surface area contributed by atoms with Crippen LogP contribution in [0.5, 0.6) is 0 Å². The number of carbonyl (C=O) groups excluding carboxylic acids is 1. The van der Waals surface area contributed by atoms with E-state index >= 15 is 0 Å². The SMILES string of the molecule is C=CC(=O)OCCCCCCCCCCCCCCCCCCCCCCCCCCCCCC(F)(F)F. The number of carbonyl (C=O) groups is 1. The Labute approximate surface area is 233 Å². The van der Waals surface area contributed by atoms with E-state index in [9.17, 15) is 18.0 Å². The molecule has 0 amide bonds. The molecular formula is C33H61F3O2. The molecule has 0 aromatic rings. The van der Waals surface area contributed by atoms with Gasteiger partial charge in [0.1, 0.15) is 0 Å². The van der Waals surface area contributed by atoms with E-state index in [-0.39, 0.29) is 5.97 Å². The minimum absolute atomic E-state index is 0.299. The van der Waals surface area contributed by atoms with E-state index in [1.54, 1.807) is 0 Å². The summed E-state index contributed by atoms with van der Waals surface area (Å²) in [4.78, 5) is 10.9. The van der Waals surface area contributed by atoms with Gasteiger partial charge in [-0.15, -0.1) is 0 Å². The molecule has 0 spiro atoms. The number of alkyl halides is 3. The monoisotopic (exact) mass is 546 g/mol. The van der Waals surface area contributed by atoms with Crippen LogP contribution in [0.4, 0.5) is 13.2 Å². The molecule has 0 heterocycles. The summed E-state index contributed by atoms with van der Waals surface area (Å²) >= 11 is 0. The standard InChI is InChI=1S/C33H61F3O2/c1-2-32(37)38-31-29-27-25-23-21-19-17-15-13-11-9-7-5-3-4-6-8-10-12-14-16-18-20-22-24-26-28-30-33(34,35)36/h2H,1,3-31H2. The first-order valence-corrected chi connectivity index (χ1v) is 16.3. The normalized spacial score (nSPS) is 11.7. The van der Waals surface area contributed by atoms with E-state index in [1.807, 2.05) is 0 Å². The van der Waals surface area contributed by atoms with E-state index in [4.69, 9.17) is 4.74 Å². The molecule has 0 aromatic heterocycles. The third-order valence-electron chi connectivity index (χ3n) is 7.52. The third kappa shape index (κ3) is 33.0. The second-order valence-corrected chi connectivity index (χ2v) is 11.3. The largest absolute Gasteiger partial charge is 0.463 e. The maximum absolute atomic E-state index is 12.1. The van der Waals surface area contributed by atoms with Crippen LogP contribution in [0.25, 0.3) is 0 Å². The van der Waals surface area contributed by atoms with Crippen molar-refractivity contribution in [3.05, 3.63) is 12.7 Å². The van der Waals surface area contributed by atoms with Crippen molar-refractivity contribution in [2.75, 3.05) is 6.61 Å². The van der Waals surface area contributed by atoms with Gasteiger partial charge in [0.05, 0.1) is 6.61 Å². The molecule has 0 atom stereocenters. The average Bonchev–Trinajstić information content (AvgIpc) is 2.89. The fourth-order valence-electron chi connectivity index (χ4n) is 5.08. The Bertz CT molecular complexity index is 505. The Balaban J connectivity index is 3.07. The fourth-order valence-corrected chi connectivity index (χ4v) is 5.08. The molecule has 0 rings (SSSR count). The first kappa shape index (κ1) is 37.0. The van der Waals surface area contributed by atoms with Gasteiger partial charge >= 0.3 is 12.1 Å². The van der Waals surface area contributed by atoms with Crippen LogP contribution in [0.3, 0.4) is 0 Å². The zero-order chi connectivity index (χ0) is 28.0. The van der Waals surface area contributed by atoms with Gasteiger partial charge in [0.15, 0.2) is 0 Å². The number of halogens is 3. The molecule has 0 aliphatic carbocycles. The summed E-state index contributed by atoms with van der Waals surface area (Å²) in [5, 5.41) is 0. The van der Waals surface area contributed by atoms with Crippen LogP contribution in [-0.2, 0) is 9.53 Å². The lowest BCUT2D eigenvalue weighted by Gasteiger charge is -2.06. The van der Waals surface area contributed by atoms with Gasteiger partial charge in [0, 0.05) is 12.5 Å². The Morgan fingerprint density at radius 1 is 0.474 bits per heavy atom. The minimum Gasteiger partial charge on any atom is -0.463 e. The topological polar surface area (TPSA) is 26.3 Å². The van der Waals surface area contributed by atoms with Gasteiger partial charge in [-0.2, -0.15) is 13.2 Å². The molecule has 0 radical (unpaired) electrons. The van der Waals surface area contributed by atoms with Gasteiger partial charge in [0.2, 0.25) is 0 Å². The summed E-state index contributed by atoms with van der Waals surface area (Å²) in [7, 11) is 0. The third-order valence-corrected chi connectivity index (χ3v) is 7.52. The molecule has 226 valence electrons. The maximum Gasteiger partial charge on any atom is 0.389 e. The van der Waals surface area contributed by atoms with Crippen LogP contribution in [-0.4, -0.2) is 18.8 Å². The van der Waals surface area contributed by atoms with E-state index in [1.165, 1.54) is 141 Å².